The average Bonchev–Trinajstić information content (AvgIpc) is 2.42. The summed E-state index contributed by atoms with van der Waals surface area (Å²) in [5, 5.41) is 0. The van der Waals surface area contributed by atoms with Gasteiger partial charge in [-0.1, -0.05) is 90.4 Å². The van der Waals surface area contributed by atoms with Crippen LogP contribution < -0.4 is 0 Å². The van der Waals surface area contributed by atoms with Gasteiger partial charge in [-0.25, -0.2) is 4.00 Å². The largest absolute Gasteiger partial charge is 0.227 e. The summed E-state index contributed by atoms with van der Waals surface area (Å²) in [5.41, 5.74) is 0. The van der Waals surface area contributed by atoms with Crippen molar-refractivity contribution < 1.29 is 4.00 Å². The molecule has 21 heavy (non-hydrogen) atoms. The predicted octanol–water partition coefficient (Wildman–Crippen LogP) is 7.09. The highest BCUT2D eigenvalue weighted by Gasteiger charge is 2.09. The third-order valence-electron chi connectivity index (χ3n) is 4.29. The third kappa shape index (κ3) is 20.2. The first kappa shape index (κ1) is 21.2. The first-order valence-corrected chi connectivity index (χ1v) is 9.92. The van der Waals surface area contributed by atoms with Crippen LogP contribution in [0.4, 0.5) is 0 Å². The molecule has 0 atom stereocenters. The van der Waals surface area contributed by atoms with E-state index in [9.17, 15) is 0 Å². The second-order valence-electron chi connectivity index (χ2n) is 7.21. The van der Waals surface area contributed by atoms with E-state index in [1.807, 2.05) is 0 Å². The molecule has 2 heteroatoms. The molecule has 0 aliphatic rings. The second kappa shape index (κ2) is 15.2. The topological polar surface area (TPSA) is 0 Å². The number of rotatable bonds is 16. The molecule has 0 N–H and O–H groups in total. The number of hydrogen-bond acceptors (Lipinski definition) is 0. The van der Waals surface area contributed by atoms with E-state index in [-0.39, 0.29) is 0 Å². The molecule has 0 radical (unpaired) electrons. The van der Waals surface area contributed by atoms with Crippen molar-refractivity contribution >= 4 is 11.8 Å². The van der Waals surface area contributed by atoms with Crippen LogP contribution in [-0.2, 0) is 0 Å². The summed E-state index contributed by atoms with van der Waals surface area (Å²) in [6.07, 6.45) is 21.4. The molecule has 0 saturated carbocycles. The highest BCUT2D eigenvalue weighted by molar-refractivity contribution is 6.06. The lowest BCUT2D eigenvalue weighted by atomic mass is 10.0. The minimum atomic E-state index is 0.596. The quantitative estimate of drug-likeness (QED) is 0.210. The second-order valence-corrected chi connectivity index (χ2v) is 8.13. The molecule has 0 saturated heterocycles. The number of unbranched alkanes of at least 4 members (excludes halogenated alkanes) is 14. The minimum absolute atomic E-state index is 0.596. The minimum Gasteiger partial charge on any atom is -0.227 e. The summed E-state index contributed by atoms with van der Waals surface area (Å²) in [6, 6.07) is 0. The van der Waals surface area contributed by atoms with Crippen LogP contribution in [0.25, 0.3) is 0 Å². The summed E-state index contributed by atoms with van der Waals surface area (Å²) < 4.78 is 0.596. The zero-order chi connectivity index (χ0) is 15.8. The lowest BCUT2D eigenvalue weighted by Crippen LogP contribution is -2.28. The lowest BCUT2D eigenvalue weighted by Gasteiger charge is -2.17. The van der Waals surface area contributed by atoms with Gasteiger partial charge < -0.3 is 0 Å². The van der Waals surface area contributed by atoms with E-state index in [0.717, 1.165) is 6.54 Å². The highest BCUT2D eigenvalue weighted by atomic mass is 35.5. The van der Waals surface area contributed by atoms with Gasteiger partial charge in [-0.15, -0.1) is 0 Å². The Bertz CT molecular complexity index is 198. The molecule has 0 rings (SSSR count). The van der Waals surface area contributed by atoms with Crippen molar-refractivity contribution in [3.05, 3.63) is 0 Å². The number of hydrogen-bond donors (Lipinski definition) is 0. The van der Waals surface area contributed by atoms with Crippen LogP contribution in [0.2, 0.25) is 0 Å². The molecule has 0 amide bonds. The lowest BCUT2D eigenvalue weighted by molar-refractivity contribution is -0.771. The van der Waals surface area contributed by atoms with Gasteiger partial charge in [-0.2, -0.15) is 0 Å². The summed E-state index contributed by atoms with van der Waals surface area (Å²) >= 11 is 6.13. The van der Waals surface area contributed by atoms with Crippen molar-refractivity contribution in [2.45, 2.75) is 103 Å². The molecule has 0 aliphatic heterocycles. The van der Waals surface area contributed by atoms with Crippen LogP contribution in [0, 0.1) is 0 Å². The van der Waals surface area contributed by atoms with Crippen LogP contribution in [0.1, 0.15) is 103 Å². The SMILES string of the molecule is CCCCCCCCCCCCCCCCC[N+](C)(C)Cl. The smallest absolute Gasteiger partial charge is 0.164 e. The number of quaternary nitrogens is 1. The van der Waals surface area contributed by atoms with Crippen molar-refractivity contribution in [3.8, 4) is 0 Å². The van der Waals surface area contributed by atoms with Gasteiger partial charge in [0, 0.05) is 0 Å². The van der Waals surface area contributed by atoms with Gasteiger partial charge in [0.2, 0.25) is 0 Å². The fourth-order valence-corrected chi connectivity index (χ4v) is 2.98. The van der Waals surface area contributed by atoms with Gasteiger partial charge in [0.05, 0.1) is 20.6 Å². The van der Waals surface area contributed by atoms with Gasteiger partial charge in [-0.3, -0.25) is 0 Å². The number of nitrogens with zero attached hydrogens (tertiary/aromatic N) is 1. The Hall–Kier alpha value is 0.250. The summed E-state index contributed by atoms with van der Waals surface area (Å²) in [7, 11) is 4.12. The fourth-order valence-electron chi connectivity index (χ4n) is 2.86. The Morgan fingerprint density at radius 2 is 0.810 bits per heavy atom. The Labute approximate surface area is 140 Å². The highest BCUT2D eigenvalue weighted by Crippen LogP contribution is 2.14. The first-order valence-electron chi connectivity index (χ1n) is 9.59. The molecule has 0 aliphatic carbocycles. The molecule has 0 heterocycles. The van der Waals surface area contributed by atoms with Crippen molar-refractivity contribution in [2.24, 2.45) is 0 Å². The first-order chi connectivity index (χ1) is 10.1. The van der Waals surface area contributed by atoms with Crippen molar-refractivity contribution in [3.63, 3.8) is 0 Å². The summed E-state index contributed by atoms with van der Waals surface area (Å²) in [6.45, 7) is 3.39. The van der Waals surface area contributed by atoms with Crippen LogP contribution in [0.3, 0.4) is 0 Å². The molecule has 0 aromatic rings. The molecule has 0 aromatic carbocycles. The van der Waals surface area contributed by atoms with Gasteiger partial charge in [0.1, 0.15) is 0 Å². The van der Waals surface area contributed by atoms with Gasteiger partial charge in [0.25, 0.3) is 0 Å². The summed E-state index contributed by atoms with van der Waals surface area (Å²) in [5.74, 6) is 0. The molecule has 0 bridgehead atoms. The Balaban J connectivity index is 3.00. The fraction of sp³-hybridized carbons (Fsp3) is 1.00. The van der Waals surface area contributed by atoms with E-state index in [0.29, 0.717) is 4.00 Å². The average molecular weight is 319 g/mol. The molecular formula is C19H41ClN+. The third-order valence-corrected chi connectivity index (χ3v) is 4.46. The van der Waals surface area contributed by atoms with Gasteiger partial charge >= 0.3 is 0 Å². The predicted molar refractivity (Wildman–Crippen MR) is 97.8 cm³/mol. The van der Waals surface area contributed by atoms with Crippen molar-refractivity contribution in [2.75, 3.05) is 20.6 Å². The monoisotopic (exact) mass is 318 g/mol. The molecule has 0 fully saturated rings. The van der Waals surface area contributed by atoms with Crippen LogP contribution >= 0.6 is 11.8 Å². The van der Waals surface area contributed by atoms with Gasteiger partial charge in [0.15, 0.2) is 11.8 Å². The van der Waals surface area contributed by atoms with Crippen LogP contribution in [0.5, 0.6) is 0 Å². The Kier molecular flexibility index (Phi) is 15.3. The van der Waals surface area contributed by atoms with Crippen molar-refractivity contribution in [1.29, 1.82) is 0 Å². The van der Waals surface area contributed by atoms with E-state index >= 15 is 0 Å². The Morgan fingerprint density at radius 3 is 1.10 bits per heavy atom. The Morgan fingerprint density at radius 1 is 0.524 bits per heavy atom. The van der Waals surface area contributed by atoms with Crippen LogP contribution in [-0.4, -0.2) is 24.6 Å². The maximum absolute atomic E-state index is 6.13. The van der Waals surface area contributed by atoms with Gasteiger partial charge in [-0.05, 0) is 12.8 Å². The number of halogens is 1. The van der Waals surface area contributed by atoms with E-state index in [1.54, 1.807) is 0 Å². The molecule has 128 valence electrons. The molecule has 0 aromatic heterocycles. The zero-order valence-corrected chi connectivity index (χ0v) is 15.9. The molecule has 1 nitrogen and oxygen atoms in total. The molecular weight excluding hydrogens is 278 g/mol. The molecule has 0 unspecified atom stereocenters. The molecule has 0 spiro atoms. The van der Waals surface area contributed by atoms with Crippen LogP contribution in [0.15, 0.2) is 0 Å². The standard InChI is InChI=1S/C19H41ClN/c1-4-5-6-7-8-9-10-11-12-13-14-15-16-17-18-19-21(2,3)20/h4-19H2,1-3H3/q+1. The van der Waals surface area contributed by atoms with E-state index in [1.165, 1.54) is 96.3 Å². The van der Waals surface area contributed by atoms with E-state index < -0.39 is 0 Å². The van der Waals surface area contributed by atoms with E-state index in [4.69, 9.17) is 11.8 Å². The van der Waals surface area contributed by atoms with Crippen molar-refractivity contribution in [1.82, 2.24) is 0 Å². The zero-order valence-electron chi connectivity index (χ0n) is 15.1. The maximum atomic E-state index is 6.13. The maximum Gasteiger partial charge on any atom is 0.164 e. The normalized spacial score (nSPS) is 12.0. The van der Waals surface area contributed by atoms with E-state index in [2.05, 4.69) is 21.0 Å². The summed E-state index contributed by atoms with van der Waals surface area (Å²) in [4.78, 5) is 0.